The van der Waals surface area contributed by atoms with Crippen LogP contribution in [0.15, 0.2) is 63.9 Å². The highest BCUT2D eigenvalue weighted by Gasteiger charge is 2.13. The fourth-order valence-electron chi connectivity index (χ4n) is 2.91. The van der Waals surface area contributed by atoms with Crippen LogP contribution < -0.4 is 5.56 Å². The standard InChI is InChI=1S/C21H18ClN3O2S2/c1-27-11-10-25-20(26)16-7-3-5-9-18(16)24-21(25)29-13-14-12-28-19(23-14)15-6-2-4-8-17(15)22/h2-9,12H,10-11,13H2,1H3. The molecule has 0 fully saturated rings. The van der Waals surface area contributed by atoms with Gasteiger partial charge in [-0.05, 0) is 18.2 Å². The van der Waals surface area contributed by atoms with Crippen molar-refractivity contribution in [3.05, 3.63) is 75.0 Å². The maximum Gasteiger partial charge on any atom is 0.262 e. The third-order valence-electron chi connectivity index (χ3n) is 4.35. The Morgan fingerprint density at radius 3 is 2.76 bits per heavy atom. The second-order valence-corrected chi connectivity index (χ2v) is 8.48. The number of hydrogen-bond donors (Lipinski definition) is 0. The monoisotopic (exact) mass is 443 g/mol. The van der Waals surface area contributed by atoms with Crippen molar-refractivity contribution < 1.29 is 4.74 Å². The van der Waals surface area contributed by atoms with E-state index in [1.807, 2.05) is 47.8 Å². The molecular weight excluding hydrogens is 426 g/mol. The van der Waals surface area contributed by atoms with Gasteiger partial charge in [-0.3, -0.25) is 9.36 Å². The van der Waals surface area contributed by atoms with Gasteiger partial charge in [-0.1, -0.05) is 53.7 Å². The van der Waals surface area contributed by atoms with Crippen molar-refractivity contribution in [2.45, 2.75) is 17.5 Å². The molecule has 0 aliphatic rings. The number of para-hydroxylation sites is 1. The molecule has 0 atom stereocenters. The molecule has 0 bridgehead atoms. The highest BCUT2D eigenvalue weighted by atomic mass is 35.5. The van der Waals surface area contributed by atoms with E-state index in [-0.39, 0.29) is 5.56 Å². The van der Waals surface area contributed by atoms with E-state index in [2.05, 4.69) is 0 Å². The number of aromatic nitrogens is 3. The summed E-state index contributed by atoms with van der Waals surface area (Å²) < 4.78 is 6.85. The molecule has 148 valence electrons. The summed E-state index contributed by atoms with van der Waals surface area (Å²) in [5.41, 5.74) is 2.50. The molecule has 0 aliphatic carbocycles. The van der Waals surface area contributed by atoms with Crippen LogP contribution in [-0.4, -0.2) is 28.3 Å². The van der Waals surface area contributed by atoms with Gasteiger partial charge in [0.2, 0.25) is 0 Å². The van der Waals surface area contributed by atoms with Crippen LogP contribution in [0.5, 0.6) is 0 Å². The molecule has 0 unspecified atom stereocenters. The van der Waals surface area contributed by atoms with Gasteiger partial charge in [0.25, 0.3) is 5.56 Å². The number of ether oxygens (including phenoxy) is 1. The van der Waals surface area contributed by atoms with Gasteiger partial charge < -0.3 is 4.74 Å². The number of thioether (sulfide) groups is 1. The molecule has 4 rings (SSSR count). The second kappa shape index (κ2) is 9.09. The fraction of sp³-hybridized carbons (Fsp3) is 0.190. The van der Waals surface area contributed by atoms with Crippen molar-refractivity contribution in [3.63, 3.8) is 0 Å². The summed E-state index contributed by atoms with van der Waals surface area (Å²) in [5.74, 6) is 0.610. The fourth-order valence-corrected chi connectivity index (χ4v) is 5.07. The summed E-state index contributed by atoms with van der Waals surface area (Å²) in [4.78, 5) is 22.3. The number of rotatable bonds is 7. The lowest BCUT2D eigenvalue weighted by molar-refractivity contribution is 0.183. The Morgan fingerprint density at radius 1 is 1.14 bits per heavy atom. The number of fused-ring (bicyclic) bond motifs is 1. The van der Waals surface area contributed by atoms with E-state index >= 15 is 0 Å². The van der Waals surface area contributed by atoms with Gasteiger partial charge in [-0.25, -0.2) is 9.97 Å². The maximum absolute atomic E-state index is 12.9. The number of nitrogens with zero attached hydrogens (tertiary/aromatic N) is 3. The zero-order chi connectivity index (χ0) is 20.2. The molecule has 0 radical (unpaired) electrons. The van der Waals surface area contributed by atoms with Crippen LogP contribution in [0.4, 0.5) is 0 Å². The van der Waals surface area contributed by atoms with Crippen molar-refractivity contribution in [3.8, 4) is 10.6 Å². The van der Waals surface area contributed by atoms with Gasteiger partial charge in [0.15, 0.2) is 5.16 Å². The molecule has 2 aromatic carbocycles. The van der Waals surface area contributed by atoms with Gasteiger partial charge in [0.1, 0.15) is 5.01 Å². The minimum atomic E-state index is -0.0508. The van der Waals surface area contributed by atoms with E-state index in [9.17, 15) is 4.79 Å². The minimum absolute atomic E-state index is 0.0508. The molecule has 29 heavy (non-hydrogen) atoms. The predicted molar refractivity (Wildman–Crippen MR) is 120 cm³/mol. The predicted octanol–water partition coefficient (Wildman–Crippen LogP) is 5.11. The highest BCUT2D eigenvalue weighted by molar-refractivity contribution is 7.98. The maximum atomic E-state index is 12.9. The first-order valence-corrected chi connectivity index (χ1v) is 11.2. The van der Waals surface area contributed by atoms with Crippen LogP contribution in [0.2, 0.25) is 5.02 Å². The average molecular weight is 444 g/mol. The molecule has 2 aromatic heterocycles. The third-order valence-corrected chi connectivity index (χ3v) is 6.61. The third kappa shape index (κ3) is 4.38. The Bertz CT molecular complexity index is 1210. The molecule has 0 aliphatic heterocycles. The molecule has 0 spiro atoms. The Kier molecular flexibility index (Phi) is 6.30. The van der Waals surface area contributed by atoms with E-state index in [0.29, 0.717) is 40.0 Å². The van der Waals surface area contributed by atoms with Gasteiger partial charge >= 0.3 is 0 Å². The summed E-state index contributed by atoms with van der Waals surface area (Å²) in [6.45, 7) is 0.901. The Labute approximate surface area is 181 Å². The molecule has 0 amide bonds. The number of hydrogen-bond acceptors (Lipinski definition) is 6. The molecule has 4 aromatic rings. The zero-order valence-electron chi connectivity index (χ0n) is 15.7. The number of methoxy groups -OCH3 is 1. The van der Waals surface area contributed by atoms with Crippen LogP contribution in [-0.2, 0) is 17.0 Å². The summed E-state index contributed by atoms with van der Waals surface area (Å²) in [6, 6.07) is 15.1. The normalized spacial score (nSPS) is 11.2. The summed E-state index contributed by atoms with van der Waals surface area (Å²) >= 11 is 9.34. The Hall–Kier alpha value is -2.19. The van der Waals surface area contributed by atoms with Crippen LogP contribution >= 0.6 is 34.7 Å². The van der Waals surface area contributed by atoms with E-state index in [1.165, 1.54) is 11.8 Å². The van der Waals surface area contributed by atoms with Gasteiger partial charge in [0.05, 0.1) is 34.8 Å². The summed E-state index contributed by atoms with van der Waals surface area (Å²) in [6.07, 6.45) is 0. The average Bonchev–Trinajstić information content (AvgIpc) is 3.21. The van der Waals surface area contributed by atoms with E-state index in [1.54, 1.807) is 29.1 Å². The molecule has 5 nitrogen and oxygen atoms in total. The summed E-state index contributed by atoms with van der Waals surface area (Å²) in [7, 11) is 1.62. The van der Waals surface area contributed by atoms with Crippen molar-refractivity contribution >= 4 is 45.6 Å². The van der Waals surface area contributed by atoms with Crippen molar-refractivity contribution in [1.29, 1.82) is 0 Å². The quantitative estimate of drug-likeness (QED) is 0.293. The number of halogens is 1. The topological polar surface area (TPSA) is 57.0 Å². The number of thiazole rings is 1. The van der Waals surface area contributed by atoms with Crippen LogP contribution in [0.25, 0.3) is 21.5 Å². The van der Waals surface area contributed by atoms with Gasteiger partial charge in [0, 0.05) is 23.8 Å². The minimum Gasteiger partial charge on any atom is -0.383 e. The number of benzene rings is 2. The zero-order valence-corrected chi connectivity index (χ0v) is 18.1. The first-order chi connectivity index (χ1) is 14.2. The molecule has 0 saturated heterocycles. The lowest BCUT2D eigenvalue weighted by Crippen LogP contribution is -2.25. The molecule has 2 heterocycles. The SMILES string of the molecule is COCCn1c(SCc2csc(-c3ccccc3Cl)n2)nc2ccccc2c1=O. The van der Waals surface area contributed by atoms with E-state index in [0.717, 1.165) is 16.3 Å². The molecule has 0 saturated carbocycles. The van der Waals surface area contributed by atoms with Crippen LogP contribution in [0.3, 0.4) is 0 Å². The Morgan fingerprint density at radius 2 is 1.93 bits per heavy atom. The summed E-state index contributed by atoms with van der Waals surface area (Å²) in [5, 5.41) is 4.87. The second-order valence-electron chi connectivity index (χ2n) is 6.27. The van der Waals surface area contributed by atoms with E-state index < -0.39 is 0 Å². The Balaban J connectivity index is 1.61. The highest BCUT2D eigenvalue weighted by Crippen LogP contribution is 2.31. The van der Waals surface area contributed by atoms with Crippen LogP contribution in [0.1, 0.15) is 5.69 Å². The van der Waals surface area contributed by atoms with Gasteiger partial charge in [-0.2, -0.15) is 0 Å². The first-order valence-electron chi connectivity index (χ1n) is 8.98. The molecule has 0 N–H and O–H groups in total. The smallest absolute Gasteiger partial charge is 0.262 e. The lowest BCUT2D eigenvalue weighted by Gasteiger charge is -2.12. The lowest BCUT2D eigenvalue weighted by atomic mass is 10.2. The first kappa shape index (κ1) is 20.1. The van der Waals surface area contributed by atoms with Crippen LogP contribution in [0, 0.1) is 0 Å². The molecule has 8 heteroatoms. The van der Waals surface area contributed by atoms with Crippen molar-refractivity contribution in [2.75, 3.05) is 13.7 Å². The van der Waals surface area contributed by atoms with Crippen molar-refractivity contribution in [2.24, 2.45) is 0 Å². The molecular formula is C21H18ClN3O2S2. The van der Waals surface area contributed by atoms with Crippen molar-refractivity contribution in [1.82, 2.24) is 14.5 Å². The van der Waals surface area contributed by atoms with E-state index in [4.69, 9.17) is 26.3 Å². The largest absolute Gasteiger partial charge is 0.383 e. The van der Waals surface area contributed by atoms with Gasteiger partial charge in [-0.15, -0.1) is 11.3 Å².